The number of rotatable bonds is 56. The average molecular weight is 1150 g/mol. The highest BCUT2D eigenvalue weighted by Crippen LogP contribution is 2.30. The van der Waals surface area contributed by atoms with E-state index in [4.69, 9.17) is 18.9 Å². The molecule has 2 fully saturated rings. The van der Waals surface area contributed by atoms with Crippen LogP contribution in [0, 0.1) is 0 Å². The second-order valence-electron chi connectivity index (χ2n) is 24.3. The van der Waals surface area contributed by atoms with Gasteiger partial charge in [-0.2, -0.15) is 0 Å². The molecule has 2 heterocycles. The van der Waals surface area contributed by atoms with Gasteiger partial charge in [0, 0.05) is 6.42 Å². The Hall–Kier alpha value is -1.53. The van der Waals surface area contributed by atoms with E-state index in [0.717, 1.165) is 32.1 Å². The molecule has 0 aromatic carbocycles. The zero-order chi connectivity index (χ0) is 58.8. The number of carbonyl (C=O) groups is 1. The van der Waals surface area contributed by atoms with Crippen LogP contribution >= 0.6 is 0 Å². The van der Waals surface area contributed by atoms with Gasteiger partial charge >= 0.3 is 0 Å². The first-order valence-electron chi connectivity index (χ1n) is 34.1. The Labute approximate surface area is 494 Å². The predicted molar refractivity (Wildman–Crippen MR) is 328 cm³/mol. The van der Waals surface area contributed by atoms with Crippen molar-refractivity contribution >= 4 is 5.91 Å². The Morgan fingerprint density at radius 3 is 1.21 bits per heavy atom. The summed E-state index contributed by atoms with van der Waals surface area (Å²) in [5.74, 6) is -0.243. The Kier molecular flexibility index (Phi) is 49.2. The van der Waals surface area contributed by atoms with Crippen LogP contribution in [0.1, 0.15) is 303 Å². The molecular weight excluding hydrogens is 1030 g/mol. The van der Waals surface area contributed by atoms with Gasteiger partial charge in [-0.1, -0.05) is 289 Å². The van der Waals surface area contributed by atoms with Gasteiger partial charge in [-0.25, -0.2) is 0 Å². The van der Waals surface area contributed by atoms with Gasteiger partial charge in [-0.3, -0.25) is 4.79 Å². The van der Waals surface area contributed by atoms with Crippen LogP contribution in [0.25, 0.3) is 0 Å². The Balaban J connectivity index is 1.63. The van der Waals surface area contributed by atoms with Crippen LogP contribution in [-0.2, 0) is 23.7 Å². The van der Waals surface area contributed by atoms with Crippen molar-refractivity contribution in [2.45, 2.75) is 376 Å². The molecule has 12 atom stereocenters. The number of aliphatic hydroxyl groups excluding tert-OH is 8. The number of hydrogen-bond donors (Lipinski definition) is 9. The van der Waals surface area contributed by atoms with Crippen LogP contribution in [-0.4, -0.2) is 140 Å². The second kappa shape index (κ2) is 52.8. The molecule has 0 aliphatic carbocycles. The van der Waals surface area contributed by atoms with E-state index in [1.54, 1.807) is 6.08 Å². The summed E-state index contributed by atoms with van der Waals surface area (Å²) in [6.45, 7) is 2.81. The summed E-state index contributed by atoms with van der Waals surface area (Å²) >= 11 is 0. The lowest BCUT2D eigenvalue weighted by atomic mass is 9.97. The van der Waals surface area contributed by atoms with Crippen LogP contribution < -0.4 is 5.32 Å². The van der Waals surface area contributed by atoms with Gasteiger partial charge in [0.1, 0.15) is 48.8 Å². The van der Waals surface area contributed by atoms with E-state index in [0.29, 0.717) is 12.8 Å². The summed E-state index contributed by atoms with van der Waals surface area (Å²) in [7, 11) is 0. The Morgan fingerprint density at radius 2 is 0.790 bits per heavy atom. The van der Waals surface area contributed by atoms with Crippen LogP contribution in [0.2, 0.25) is 0 Å². The number of hydrogen-bond acceptors (Lipinski definition) is 13. The molecule has 0 radical (unpaired) electrons. The van der Waals surface area contributed by atoms with Gasteiger partial charge in [-0.05, 0) is 32.1 Å². The molecule has 81 heavy (non-hydrogen) atoms. The van der Waals surface area contributed by atoms with Crippen molar-refractivity contribution in [2.75, 3.05) is 19.8 Å². The van der Waals surface area contributed by atoms with Crippen molar-refractivity contribution in [2.24, 2.45) is 0 Å². The molecule has 2 aliphatic rings. The molecule has 2 rings (SSSR count). The third-order valence-corrected chi connectivity index (χ3v) is 16.9. The van der Waals surface area contributed by atoms with Gasteiger partial charge in [0.25, 0.3) is 0 Å². The van der Waals surface area contributed by atoms with Gasteiger partial charge in [0.15, 0.2) is 12.6 Å². The number of carbonyl (C=O) groups excluding carboxylic acids is 1. The molecule has 0 aromatic rings. The van der Waals surface area contributed by atoms with Gasteiger partial charge in [0.2, 0.25) is 5.91 Å². The fraction of sp³-hybridized carbons (Fsp3) is 0.925. The van der Waals surface area contributed by atoms with Gasteiger partial charge < -0.3 is 65.1 Å². The number of nitrogens with one attached hydrogen (secondary N) is 1. The maximum atomic E-state index is 13.3. The first kappa shape index (κ1) is 75.6. The van der Waals surface area contributed by atoms with Crippen molar-refractivity contribution in [3.8, 4) is 0 Å². The summed E-state index contributed by atoms with van der Waals surface area (Å²) in [5, 5.41) is 87.2. The fourth-order valence-corrected chi connectivity index (χ4v) is 11.4. The highest BCUT2D eigenvalue weighted by atomic mass is 16.7. The Bertz CT molecular complexity index is 1450. The number of ether oxygens (including phenoxy) is 4. The first-order valence-corrected chi connectivity index (χ1v) is 34.1. The number of aliphatic hydroxyl groups is 8. The molecule has 14 nitrogen and oxygen atoms in total. The summed E-state index contributed by atoms with van der Waals surface area (Å²) in [5.41, 5.74) is 0. The third-order valence-electron chi connectivity index (χ3n) is 16.9. The summed E-state index contributed by atoms with van der Waals surface area (Å²) in [6, 6.07) is -0.928. The maximum Gasteiger partial charge on any atom is 0.220 e. The lowest BCUT2D eigenvalue weighted by Gasteiger charge is -2.46. The van der Waals surface area contributed by atoms with Gasteiger partial charge in [-0.15, -0.1) is 0 Å². The molecule has 1 amide bonds. The molecule has 478 valence electrons. The normalized spacial score (nSPS) is 24.2. The molecule has 0 bridgehead atoms. The van der Waals surface area contributed by atoms with E-state index >= 15 is 0 Å². The largest absolute Gasteiger partial charge is 0.394 e. The van der Waals surface area contributed by atoms with E-state index < -0.39 is 86.8 Å². The molecule has 0 spiro atoms. The molecule has 0 aromatic heterocycles. The highest BCUT2D eigenvalue weighted by molar-refractivity contribution is 5.76. The standard InChI is InChI=1S/C67H127NO13/c1-3-5-7-9-11-13-15-17-19-20-21-22-23-24-25-26-27-28-29-30-31-32-33-34-35-37-39-41-43-45-47-49-51-59(72)68-55(56(71)50-48-46-44-42-40-38-36-18-16-14-12-10-8-6-4-2)54-78-66-64(77)62(75)65(58(53-70)80-66)81-67-63(76)61(74)60(73)57(52-69)79-67/h40,42,48,50,55-58,60-67,69-71,73-77H,3-39,41,43-47,49,51-54H2,1-2H3,(H,68,72)/b42-40+,50-48+. The summed E-state index contributed by atoms with van der Waals surface area (Å²) in [4.78, 5) is 13.3. The van der Waals surface area contributed by atoms with Crippen molar-refractivity contribution < 1.29 is 64.6 Å². The molecule has 12 unspecified atom stereocenters. The Morgan fingerprint density at radius 1 is 0.432 bits per heavy atom. The summed E-state index contributed by atoms with van der Waals surface area (Å²) < 4.78 is 22.8. The monoisotopic (exact) mass is 1150 g/mol. The number of amides is 1. The SMILES string of the molecule is CCCCCCCCCCC/C=C/CC/C=C/C(O)C(COC1OC(CO)C(OC2OC(CO)C(O)C(O)C2O)C(O)C1O)NC(=O)CCCCCCCCCCCCCCCCCCCCCCCCCCCCCCCCCC. The second-order valence-corrected chi connectivity index (χ2v) is 24.3. The van der Waals surface area contributed by atoms with Crippen LogP contribution in [0.4, 0.5) is 0 Å². The molecule has 2 saturated heterocycles. The summed E-state index contributed by atoms with van der Waals surface area (Å²) in [6.07, 6.45) is 48.3. The minimum absolute atomic E-state index is 0.243. The van der Waals surface area contributed by atoms with E-state index in [9.17, 15) is 45.6 Å². The topological polar surface area (TPSA) is 228 Å². The maximum absolute atomic E-state index is 13.3. The van der Waals surface area contributed by atoms with Crippen molar-refractivity contribution in [3.05, 3.63) is 24.3 Å². The van der Waals surface area contributed by atoms with Crippen molar-refractivity contribution in [1.82, 2.24) is 5.32 Å². The molecule has 9 N–H and O–H groups in total. The minimum atomic E-state index is -1.79. The van der Waals surface area contributed by atoms with E-state index in [1.807, 2.05) is 6.08 Å². The molecular formula is C67H127NO13. The van der Waals surface area contributed by atoms with Gasteiger partial charge in [0.05, 0.1) is 32.0 Å². The molecule has 14 heteroatoms. The number of unbranched alkanes of at least 4 members (excludes halogenated alkanes) is 41. The first-order chi connectivity index (χ1) is 39.6. The number of allylic oxidation sites excluding steroid dienone is 3. The van der Waals surface area contributed by atoms with Crippen LogP contribution in [0.5, 0.6) is 0 Å². The van der Waals surface area contributed by atoms with Crippen LogP contribution in [0.3, 0.4) is 0 Å². The quantitative estimate of drug-likeness (QED) is 0.0204. The van der Waals surface area contributed by atoms with Crippen molar-refractivity contribution in [1.29, 1.82) is 0 Å². The van der Waals surface area contributed by atoms with Crippen LogP contribution in [0.15, 0.2) is 24.3 Å². The van der Waals surface area contributed by atoms with E-state index in [2.05, 4.69) is 31.3 Å². The lowest BCUT2D eigenvalue weighted by Crippen LogP contribution is -2.65. The third kappa shape index (κ3) is 37.6. The van der Waals surface area contributed by atoms with E-state index in [1.165, 1.54) is 238 Å². The minimum Gasteiger partial charge on any atom is -0.394 e. The molecule has 0 saturated carbocycles. The van der Waals surface area contributed by atoms with Crippen molar-refractivity contribution in [3.63, 3.8) is 0 Å². The lowest BCUT2D eigenvalue weighted by molar-refractivity contribution is -0.359. The fourth-order valence-electron chi connectivity index (χ4n) is 11.4. The zero-order valence-corrected chi connectivity index (χ0v) is 51.8. The van der Waals surface area contributed by atoms with E-state index in [-0.39, 0.29) is 18.9 Å². The predicted octanol–water partition coefficient (Wildman–Crippen LogP) is 13.2. The molecule has 2 aliphatic heterocycles. The smallest absolute Gasteiger partial charge is 0.220 e. The average Bonchev–Trinajstić information content (AvgIpc) is 3.47. The zero-order valence-electron chi connectivity index (χ0n) is 51.8. The highest BCUT2D eigenvalue weighted by Gasteiger charge is 2.51.